The Hall–Kier alpha value is -2.04. The molecule has 4 nitrogen and oxygen atoms in total. The van der Waals surface area contributed by atoms with E-state index in [1.807, 2.05) is 31.2 Å². The van der Waals surface area contributed by atoms with E-state index in [2.05, 4.69) is 5.32 Å². The highest BCUT2D eigenvalue weighted by molar-refractivity contribution is 6.42. The Morgan fingerprint density at radius 1 is 1.12 bits per heavy atom. The summed E-state index contributed by atoms with van der Waals surface area (Å²) in [5.41, 5.74) is 2.50. The van der Waals surface area contributed by atoms with Crippen molar-refractivity contribution in [3.8, 4) is 0 Å². The van der Waals surface area contributed by atoms with Gasteiger partial charge in [0.15, 0.2) is 0 Å². The molecule has 0 aliphatic carbocycles. The molecule has 3 rings (SSSR count). The zero-order valence-corrected chi connectivity index (χ0v) is 14.6. The maximum absolute atomic E-state index is 12.4. The number of amides is 2. The lowest BCUT2D eigenvalue weighted by atomic mass is 10.1. The summed E-state index contributed by atoms with van der Waals surface area (Å²) in [5, 5.41) is 3.67. The molecule has 1 fully saturated rings. The van der Waals surface area contributed by atoms with Gasteiger partial charge in [-0.3, -0.25) is 9.59 Å². The van der Waals surface area contributed by atoms with Gasteiger partial charge in [0.1, 0.15) is 0 Å². The van der Waals surface area contributed by atoms with Crippen molar-refractivity contribution < 1.29 is 9.59 Å². The number of benzene rings is 2. The van der Waals surface area contributed by atoms with Gasteiger partial charge in [-0.25, -0.2) is 0 Å². The van der Waals surface area contributed by atoms with E-state index >= 15 is 0 Å². The van der Waals surface area contributed by atoms with Gasteiger partial charge >= 0.3 is 0 Å². The van der Waals surface area contributed by atoms with Crippen LogP contribution in [0.2, 0.25) is 10.0 Å². The largest absolute Gasteiger partial charge is 0.326 e. The molecule has 24 heavy (non-hydrogen) atoms. The maximum Gasteiger partial charge on any atom is 0.229 e. The van der Waals surface area contributed by atoms with E-state index in [-0.39, 0.29) is 18.2 Å². The normalized spacial score (nSPS) is 17.2. The first-order valence-corrected chi connectivity index (χ1v) is 8.32. The first-order valence-electron chi connectivity index (χ1n) is 7.57. The Balaban J connectivity index is 1.70. The lowest BCUT2D eigenvalue weighted by Gasteiger charge is -2.17. The van der Waals surface area contributed by atoms with Crippen LogP contribution < -0.4 is 10.2 Å². The van der Waals surface area contributed by atoms with E-state index in [1.165, 1.54) is 0 Å². The molecule has 0 saturated carbocycles. The van der Waals surface area contributed by atoms with Crippen LogP contribution in [0.25, 0.3) is 0 Å². The molecule has 2 aromatic rings. The molecule has 2 aromatic carbocycles. The number of nitrogens with one attached hydrogen (secondary N) is 1. The first-order chi connectivity index (χ1) is 11.4. The molecule has 2 amide bonds. The number of rotatable bonds is 3. The highest BCUT2D eigenvalue weighted by atomic mass is 35.5. The van der Waals surface area contributed by atoms with Gasteiger partial charge in [-0.05, 0) is 37.3 Å². The van der Waals surface area contributed by atoms with E-state index in [0.29, 0.717) is 22.3 Å². The summed E-state index contributed by atoms with van der Waals surface area (Å²) in [6, 6.07) is 12.6. The minimum atomic E-state index is -0.395. The molecule has 0 radical (unpaired) electrons. The highest BCUT2D eigenvalue weighted by Crippen LogP contribution is 2.31. The van der Waals surface area contributed by atoms with Gasteiger partial charge in [0.05, 0.1) is 16.0 Å². The first kappa shape index (κ1) is 16.8. The SMILES string of the molecule is Cc1ccc(NC(=O)C2CC(=O)N(c3ccc(Cl)c(Cl)c3)C2)cc1. The fourth-order valence-corrected chi connectivity index (χ4v) is 2.96. The smallest absolute Gasteiger partial charge is 0.229 e. The molecule has 0 aromatic heterocycles. The lowest BCUT2D eigenvalue weighted by Crippen LogP contribution is -2.28. The predicted molar refractivity (Wildman–Crippen MR) is 96.7 cm³/mol. The summed E-state index contributed by atoms with van der Waals surface area (Å²) in [6.07, 6.45) is 0.179. The average Bonchev–Trinajstić information content (AvgIpc) is 2.94. The van der Waals surface area contributed by atoms with Crippen LogP contribution in [0.15, 0.2) is 42.5 Å². The molecule has 124 valence electrons. The third-order valence-corrected chi connectivity index (χ3v) is 4.77. The molecule has 1 aliphatic heterocycles. The molecule has 0 spiro atoms. The molecule has 1 unspecified atom stereocenters. The second kappa shape index (κ2) is 6.83. The van der Waals surface area contributed by atoms with Crippen LogP contribution in [0.1, 0.15) is 12.0 Å². The Kier molecular flexibility index (Phi) is 4.78. The van der Waals surface area contributed by atoms with Crippen molar-refractivity contribution in [2.24, 2.45) is 5.92 Å². The zero-order valence-electron chi connectivity index (χ0n) is 13.1. The monoisotopic (exact) mass is 362 g/mol. The van der Waals surface area contributed by atoms with Gasteiger partial charge < -0.3 is 10.2 Å². The fourth-order valence-electron chi connectivity index (χ4n) is 2.67. The van der Waals surface area contributed by atoms with Crippen LogP contribution in [0.5, 0.6) is 0 Å². The lowest BCUT2D eigenvalue weighted by molar-refractivity contribution is -0.122. The third kappa shape index (κ3) is 3.55. The summed E-state index contributed by atoms with van der Waals surface area (Å²) >= 11 is 11.9. The predicted octanol–water partition coefficient (Wildman–Crippen LogP) is 4.29. The van der Waals surface area contributed by atoms with Crippen molar-refractivity contribution in [3.63, 3.8) is 0 Å². The molecule has 1 N–H and O–H groups in total. The minimum Gasteiger partial charge on any atom is -0.326 e. The maximum atomic E-state index is 12.4. The van der Waals surface area contributed by atoms with E-state index < -0.39 is 5.92 Å². The molecule has 6 heteroatoms. The summed E-state index contributed by atoms with van der Waals surface area (Å²) in [7, 11) is 0. The standard InChI is InChI=1S/C18H16Cl2N2O2/c1-11-2-4-13(5-3-11)21-18(24)12-8-17(23)22(10-12)14-6-7-15(19)16(20)9-14/h2-7,9,12H,8,10H2,1H3,(H,21,24). The van der Waals surface area contributed by atoms with Gasteiger partial charge in [-0.15, -0.1) is 0 Å². The van der Waals surface area contributed by atoms with Crippen molar-refractivity contribution >= 4 is 46.4 Å². The van der Waals surface area contributed by atoms with Crippen LogP contribution >= 0.6 is 23.2 Å². The summed E-state index contributed by atoms with van der Waals surface area (Å²) < 4.78 is 0. The Morgan fingerprint density at radius 3 is 2.50 bits per heavy atom. The number of halogens is 2. The van der Waals surface area contributed by atoms with E-state index in [9.17, 15) is 9.59 Å². The summed E-state index contributed by atoms with van der Waals surface area (Å²) in [4.78, 5) is 26.2. The van der Waals surface area contributed by atoms with Gasteiger partial charge in [-0.2, -0.15) is 0 Å². The molecule has 1 aliphatic rings. The van der Waals surface area contributed by atoms with Crippen molar-refractivity contribution in [2.75, 3.05) is 16.8 Å². The van der Waals surface area contributed by atoms with Crippen LogP contribution in [-0.4, -0.2) is 18.4 Å². The highest BCUT2D eigenvalue weighted by Gasteiger charge is 2.35. The van der Waals surface area contributed by atoms with Crippen LogP contribution in [0.3, 0.4) is 0 Å². The Labute approximate surface area is 150 Å². The van der Waals surface area contributed by atoms with Crippen molar-refractivity contribution in [1.82, 2.24) is 0 Å². The number of carbonyl (C=O) groups is 2. The summed E-state index contributed by atoms with van der Waals surface area (Å²) in [5.74, 6) is -0.652. The van der Waals surface area contributed by atoms with Gasteiger partial charge in [0.25, 0.3) is 0 Å². The number of hydrogen-bond donors (Lipinski definition) is 1. The van der Waals surface area contributed by atoms with E-state index in [0.717, 1.165) is 11.3 Å². The number of anilines is 2. The summed E-state index contributed by atoms with van der Waals surface area (Å²) in [6.45, 7) is 2.31. The Bertz CT molecular complexity index is 790. The van der Waals surface area contributed by atoms with Crippen molar-refractivity contribution in [2.45, 2.75) is 13.3 Å². The molecule has 1 saturated heterocycles. The van der Waals surface area contributed by atoms with Gasteiger partial charge in [0.2, 0.25) is 11.8 Å². The van der Waals surface area contributed by atoms with Gasteiger partial charge in [-0.1, -0.05) is 40.9 Å². The molecule has 1 atom stereocenters. The second-order valence-corrected chi connectivity index (χ2v) is 6.67. The number of aryl methyl sites for hydroxylation is 1. The van der Waals surface area contributed by atoms with Crippen molar-refractivity contribution in [1.29, 1.82) is 0 Å². The quantitative estimate of drug-likeness (QED) is 0.884. The number of carbonyl (C=O) groups excluding carboxylic acids is 2. The average molecular weight is 363 g/mol. The number of nitrogens with zero attached hydrogens (tertiary/aromatic N) is 1. The topological polar surface area (TPSA) is 49.4 Å². The van der Waals surface area contributed by atoms with Crippen molar-refractivity contribution in [3.05, 3.63) is 58.1 Å². The van der Waals surface area contributed by atoms with Crippen LogP contribution in [-0.2, 0) is 9.59 Å². The fraction of sp³-hybridized carbons (Fsp3) is 0.222. The van der Waals surface area contributed by atoms with E-state index in [1.54, 1.807) is 23.1 Å². The molecular weight excluding hydrogens is 347 g/mol. The zero-order chi connectivity index (χ0) is 17.3. The van der Waals surface area contributed by atoms with Crippen LogP contribution in [0.4, 0.5) is 11.4 Å². The van der Waals surface area contributed by atoms with Crippen LogP contribution in [0, 0.1) is 12.8 Å². The minimum absolute atomic E-state index is 0.0996. The third-order valence-electron chi connectivity index (χ3n) is 4.03. The second-order valence-electron chi connectivity index (χ2n) is 5.86. The van der Waals surface area contributed by atoms with E-state index in [4.69, 9.17) is 23.2 Å². The molecular formula is C18H16Cl2N2O2. The Morgan fingerprint density at radius 2 is 1.83 bits per heavy atom. The molecule has 1 heterocycles. The molecule has 0 bridgehead atoms. The van der Waals surface area contributed by atoms with Gasteiger partial charge in [0, 0.05) is 24.3 Å². The number of hydrogen-bond acceptors (Lipinski definition) is 2.